The van der Waals surface area contributed by atoms with Gasteiger partial charge in [0, 0.05) is 31.1 Å². The van der Waals surface area contributed by atoms with Crippen molar-refractivity contribution < 1.29 is 0 Å². The van der Waals surface area contributed by atoms with Gasteiger partial charge in [0.2, 0.25) is 0 Å². The van der Waals surface area contributed by atoms with Crippen molar-refractivity contribution in [3.8, 4) is 60.7 Å². The van der Waals surface area contributed by atoms with Gasteiger partial charge in [-0.3, -0.25) is 0 Å². The number of hydrogen-bond acceptors (Lipinski definition) is 0. The molecule has 0 nitrogen and oxygen atoms in total. The molecule has 23 heavy (non-hydrogen) atoms. The molecule has 0 aliphatic rings. The van der Waals surface area contributed by atoms with E-state index in [0.29, 0.717) is 11.8 Å². The van der Waals surface area contributed by atoms with Gasteiger partial charge in [0.1, 0.15) is 0 Å². The van der Waals surface area contributed by atoms with Gasteiger partial charge in [-0.2, -0.15) is 0 Å². The number of hydrogen-bond donors (Lipinski definition) is 0. The smallest absolute Gasteiger partial charge is 0.0283 e. The van der Waals surface area contributed by atoms with Gasteiger partial charge < -0.3 is 0 Å². The lowest BCUT2D eigenvalue weighted by atomic mass is 10.1. The second-order valence-corrected chi connectivity index (χ2v) is 4.53. The Hall–Kier alpha value is -2.20. The monoisotopic (exact) mass is 310 g/mol. The third-order valence-electron chi connectivity index (χ3n) is 2.21. The van der Waals surface area contributed by atoms with Crippen molar-refractivity contribution in [1.82, 2.24) is 0 Å². The summed E-state index contributed by atoms with van der Waals surface area (Å²) in [7, 11) is 0. The van der Waals surface area contributed by atoms with Crippen molar-refractivity contribution in [1.29, 1.82) is 0 Å². The van der Waals surface area contributed by atoms with Gasteiger partial charge >= 0.3 is 0 Å². The molecular weight excluding hydrogens is 276 g/mol. The Morgan fingerprint density at radius 2 is 1.30 bits per heavy atom. The van der Waals surface area contributed by atoms with Gasteiger partial charge in [-0.25, -0.2) is 0 Å². The quantitative estimate of drug-likeness (QED) is 0.567. The summed E-state index contributed by atoms with van der Waals surface area (Å²) >= 11 is 0. The van der Waals surface area contributed by atoms with Gasteiger partial charge in [-0.05, 0) is 20.3 Å². The molecule has 0 N–H and O–H groups in total. The maximum atomic E-state index is 5.03. The molecule has 0 fully saturated rings. The van der Waals surface area contributed by atoms with Gasteiger partial charge in [-0.15, -0.1) is 54.8 Å². The van der Waals surface area contributed by atoms with E-state index in [4.69, 9.17) is 12.8 Å². The average Bonchev–Trinajstić information content (AvgIpc) is 2.58. The first-order valence-corrected chi connectivity index (χ1v) is 8.10. The fourth-order valence-electron chi connectivity index (χ4n) is 0.700. The molecule has 0 aromatic carbocycles. The fraction of sp³-hybridized carbons (Fsp3) is 0.565. The normalized spacial score (nSPS) is 9.04. The highest BCUT2D eigenvalue weighted by atomic mass is 13.9. The standard InChI is InChI=1S/C10H14.C6H10.C4H6.C3H4/c1-4-6-8-10(3)9-7-5-2;1-4-6(3)5-2;1-3-4-2;1-3-2/h10H,4,9H2,1-3H3;1,6H,5H2,2-3H3;1H,4H2,2H3;1H,2H3. The van der Waals surface area contributed by atoms with Crippen LogP contribution in [0.2, 0.25) is 0 Å². The van der Waals surface area contributed by atoms with E-state index in [9.17, 15) is 0 Å². The minimum Gasteiger partial charge on any atom is -0.120 e. The molecule has 0 spiro atoms. The second-order valence-electron chi connectivity index (χ2n) is 4.53. The largest absolute Gasteiger partial charge is 0.120 e. The van der Waals surface area contributed by atoms with E-state index in [0.717, 1.165) is 25.7 Å². The molecule has 0 amide bonds. The second kappa shape index (κ2) is 31.9. The lowest BCUT2D eigenvalue weighted by Gasteiger charge is -1.92. The Morgan fingerprint density at radius 3 is 1.52 bits per heavy atom. The zero-order valence-electron chi connectivity index (χ0n) is 16.2. The van der Waals surface area contributed by atoms with Gasteiger partial charge in [-0.1, -0.05) is 40.5 Å². The molecular formula is C23H34. The Bertz CT molecular complexity index is 451. The third kappa shape index (κ3) is 53.8. The maximum Gasteiger partial charge on any atom is 0.0283 e. The molecule has 126 valence electrons. The Labute approximate surface area is 147 Å². The van der Waals surface area contributed by atoms with Gasteiger partial charge in [0.05, 0.1) is 0 Å². The van der Waals surface area contributed by atoms with E-state index in [2.05, 4.69) is 68.6 Å². The van der Waals surface area contributed by atoms with Crippen LogP contribution in [-0.4, -0.2) is 0 Å². The first kappa shape index (κ1) is 28.9. The average molecular weight is 311 g/mol. The zero-order chi connectivity index (χ0) is 18.9. The number of terminal acetylenes is 3. The molecule has 0 saturated heterocycles. The van der Waals surface area contributed by atoms with Gasteiger partial charge in [0.25, 0.3) is 0 Å². The third-order valence-corrected chi connectivity index (χ3v) is 2.21. The Kier molecular flexibility index (Phi) is 40.1. The molecule has 0 aromatic rings. The summed E-state index contributed by atoms with van der Waals surface area (Å²) in [5.74, 6) is 20.2. The van der Waals surface area contributed by atoms with Crippen LogP contribution in [0.15, 0.2) is 0 Å². The summed E-state index contributed by atoms with van der Waals surface area (Å²) in [6.45, 7) is 13.8. The van der Waals surface area contributed by atoms with Crippen molar-refractivity contribution >= 4 is 0 Å². The predicted molar refractivity (Wildman–Crippen MR) is 107 cm³/mol. The molecule has 0 aliphatic carbocycles. The van der Waals surface area contributed by atoms with E-state index in [-0.39, 0.29) is 0 Å². The molecule has 0 heterocycles. The maximum absolute atomic E-state index is 5.03. The van der Waals surface area contributed by atoms with Crippen molar-refractivity contribution in [2.75, 3.05) is 0 Å². The molecule has 0 bridgehead atoms. The van der Waals surface area contributed by atoms with Crippen molar-refractivity contribution in [2.24, 2.45) is 11.8 Å². The molecule has 2 atom stereocenters. The molecule has 0 aromatic heterocycles. The van der Waals surface area contributed by atoms with Crippen LogP contribution in [0.1, 0.15) is 74.1 Å². The first-order chi connectivity index (χ1) is 10.9. The lowest BCUT2D eigenvalue weighted by Crippen LogP contribution is -1.86. The topological polar surface area (TPSA) is 0 Å². The predicted octanol–water partition coefficient (Wildman–Crippen LogP) is 5.78. The van der Waals surface area contributed by atoms with Crippen molar-refractivity contribution in [3.63, 3.8) is 0 Å². The summed E-state index contributed by atoms with van der Waals surface area (Å²) in [6, 6.07) is 0. The summed E-state index contributed by atoms with van der Waals surface area (Å²) in [6.07, 6.45) is 18.2. The van der Waals surface area contributed by atoms with E-state index in [1.165, 1.54) is 0 Å². The molecule has 0 rings (SSSR count). The molecule has 0 saturated carbocycles. The minimum atomic E-state index is 0.437. The molecule has 0 aliphatic heterocycles. The lowest BCUT2D eigenvalue weighted by molar-refractivity contribution is 0.724. The zero-order valence-corrected chi connectivity index (χ0v) is 16.2. The van der Waals surface area contributed by atoms with Crippen LogP contribution in [0, 0.1) is 72.5 Å². The van der Waals surface area contributed by atoms with E-state index in [1.807, 2.05) is 20.8 Å². The molecule has 0 heteroatoms. The molecule has 0 radical (unpaired) electrons. The van der Waals surface area contributed by atoms with Crippen LogP contribution < -0.4 is 0 Å². The van der Waals surface area contributed by atoms with E-state index in [1.54, 1.807) is 6.92 Å². The molecule has 2 unspecified atom stereocenters. The Morgan fingerprint density at radius 1 is 0.826 bits per heavy atom. The summed E-state index contributed by atoms with van der Waals surface area (Å²) in [4.78, 5) is 0. The van der Waals surface area contributed by atoms with Crippen LogP contribution >= 0.6 is 0 Å². The summed E-state index contributed by atoms with van der Waals surface area (Å²) in [5.41, 5.74) is 0. The van der Waals surface area contributed by atoms with E-state index < -0.39 is 0 Å². The highest BCUT2D eigenvalue weighted by molar-refractivity contribution is 5.07. The van der Waals surface area contributed by atoms with E-state index >= 15 is 0 Å². The first-order valence-electron chi connectivity index (χ1n) is 8.10. The van der Waals surface area contributed by atoms with Crippen molar-refractivity contribution in [2.45, 2.75) is 74.1 Å². The summed E-state index contributed by atoms with van der Waals surface area (Å²) < 4.78 is 0. The van der Waals surface area contributed by atoms with Gasteiger partial charge in [0.15, 0.2) is 0 Å². The highest BCUT2D eigenvalue weighted by Gasteiger charge is 1.90. The van der Waals surface area contributed by atoms with Crippen LogP contribution in [0.5, 0.6) is 0 Å². The summed E-state index contributed by atoms with van der Waals surface area (Å²) in [5, 5.41) is 0. The number of rotatable bonds is 2. The fourth-order valence-corrected chi connectivity index (χ4v) is 0.700. The van der Waals surface area contributed by atoms with Crippen LogP contribution in [0.4, 0.5) is 0 Å². The van der Waals surface area contributed by atoms with Crippen LogP contribution in [0.25, 0.3) is 0 Å². The van der Waals surface area contributed by atoms with Crippen LogP contribution in [-0.2, 0) is 0 Å². The minimum absolute atomic E-state index is 0.437. The Balaban J connectivity index is -0.000000118. The highest BCUT2D eigenvalue weighted by Crippen LogP contribution is 1.96. The van der Waals surface area contributed by atoms with Crippen molar-refractivity contribution in [3.05, 3.63) is 0 Å². The SMILES string of the molecule is C#CC.C#CC(C)CC.C#CCC.CC#CCC(C)C#CCC. The van der Waals surface area contributed by atoms with Crippen LogP contribution in [0.3, 0.4) is 0 Å².